The Hall–Kier alpha value is -1.47. The van der Waals surface area contributed by atoms with Crippen molar-refractivity contribution in [1.82, 2.24) is 0 Å². The second-order valence-electron chi connectivity index (χ2n) is 3.92. The molecule has 0 aliphatic carbocycles. The first kappa shape index (κ1) is 14.0. The van der Waals surface area contributed by atoms with E-state index in [1.54, 1.807) is 11.3 Å². The molecule has 7 heteroatoms. The zero-order valence-electron chi connectivity index (χ0n) is 9.89. The van der Waals surface area contributed by atoms with E-state index < -0.39 is 16.4 Å². The first-order valence-corrected chi connectivity index (χ1v) is 7.09. The smallest absolute Gasteiger partial charge is 0.306 e. The minimum absolute atomic E-state index is 0.0283. The molecule has 1 atom stereocenters. The van der Waals surface area contributed by atoms with E-state index in [-0.39, 0.29) is 6.04 Å². The molecule has 0 saturated carbocycles. The zero-order chi connectivity index (χ0) is 14.0. The van der Waals surface area contributed by atoms with Crippen molar-refractivity contribution < 1.29 is 9.31 Å². The van der Waals surface area contributed by atoms with Gasteiger partial charge in [0.05, 0.1) is 11.0 Å². The summed E-state index contributed by atoms with van der Waals surface area (Å²) in [5.74, 6) is -0.833. The van der Waals surface area contributed by atoms with Gasteiger partial charge >= 0.3 is 5.69 Å². The van der Waals surface area contributed by atoms with Gasteiger partial charge in [-0.2, -0.15) is 4.39 Å². The number of nitro benzene ring substituents is 1. The summed E-state index contributed by atoms with van der Waals surface area (Å²) < 4.78 is 14.2. The lowest BCUT2D eigenvalue weighted by Gasteiger charge is -2.14. The van der Waals surface area contributed by atoms with Crippen LogP contribution in [0.2, 0.25) is 0 Å². The number of thiophene rings is 1. The van der Waals surface area contributed by atoms with Crippen molar-refractivity contribution in [3.63, 3.8) is 0 Å². The quantitative estimate of drug-likeness (QED) is 0.644. The summed E-state index contributed by atoms with van der Waals surface area (Å²) in [6.45, 7) is 1.94. The Bertz CT molecular complexity index is 618. The van der Waals surface area contributed by atoms with Gasteiger partial charge in [0.25, 0.3) is 0 Å². The SMILES string of the molecule is CC(Nc1ccc(F)c([N+](=O)[O-])c1)c1sccc1Br. The molecule has 0 aliphatic heterocycles. The maximum absolute atomic E-state index is 13.2. The highest BCUT2D eigenvalue weighted by atomic mass is 79.9. The van der Waals surface area contributed by atoms with Gasteiger partial charge in [-0.3, -0.25) is 10.1 Å². The number of hydrogen-bond donors (Lipinski definition) is 1. The van der Waals surface area contributed by atoms with Crippen molar-refractivity contribution >= 4 is 38.6 Å². The molecule has 0 amide bonds. The minimum atomic E-state index is -0.833. The summed E-state index contributed by atoms with van der Waals surface area (Å²) in [7, 11) is 0. The molecule has 0 bridgehead atoms. The highest BCUT2D eigenvalue weighted by molar-refractivity contribution is 9.10. The average molecular weight is 345 g/mol. The molecule has 1 aromatic carbocycles. The maximum Gasteiger partial charge on any atom is 0.306 e. The van der Waals surface area contributed by atoms with Gasteiger partial charge in [0.1, 0.15) is 0 Å². The van der Waals surface area contributed by atoms with Gasteiger partial charge in [0.2, 0.25) is 5.82 Å². The topological polar surface area (TPSA) is 55.2 Å². The van der Waals surface area contributed by atoms with Crippen molar-refractivity contribution in [2.45, 2.75) is 13.0 Å². The highest BCUT2D eigenvalue weighted by Gasteiger charge is 2.16. The van der Waals surface area contributed by atoms with Gasteiger partial charge in [-0.25, -0.2) is 0 Å². The van der Waals surface area contributed by atoms with Gasteiger partial charge in [-0.15, -0.1) is 11.3 Å². The molecule has 0 radical (unpaired) electrons. The Labute approximate surface area is 121 Å². The fraction of sp³-hybridized carbons (Fsp3) is 0.167. The lowest BCUT2D eigenvalue weighted by atomic mass is 10.2. The van der Waals surface area contributed by atoms with Crippen molar-refractivity contribution in [3.05, 3.63) is 54.9 Å². The highest BCUT2D eigenvalue weighted by Crippen LogP contribution is 2.32. The van der Waals surface area contributed by atoms with Crippen LogP contribution in [-0.4, -0.2) is 4.92 Å². The molecular weight excluding hydrogens is 335 g/mol. The van der Waals surface area contributed by atoms with Gasteiger partial charge < -0.3 is 5.32 Å². The van der Waals surface area contributed by atoms with E-state index in [4.69, 9.17) is 0 Å². The fourth-order valence-corrected chi connectivity index (χ4v) is 3.40. The van der Waals surface area contributed by atoms with Crippen LogP contribution < -0.4 is 5.32 Å². The van der Waals surface area contributed by atoms with E-state index in [0.717, 1.165) is 15.4 Å². The summed E-state index contributed by atoms with van der Waals surface area (Å²) in [6.07, 6.45) is 0. The van der Waals surface area contributed by atoms with Crippen molar-refractivity contribution in [1.29, 1.82) is 0 Å². The maximum atomic E-state index is 13.2. The Kier molecular flexibility index (Phi) is 4.16. The number of hydrogen-bond acceptors (Lipinski definition) is 4. The van der Waals surface area contributed by atoms with Gasteiger partial charge in [0, 0.05) is 21.1 Å². The van der Waals surface area contributed by atoms with Crippen LogP contribution >= 0.6 is 27.3 Å². The molecule has 0 spiro atoms. The van der Waals surface area contributed by atoms with E-state index in [0.29, 0.717) is 5.69 Å². The normalized spacial score (nSPS) is 12.2. The first-order chi connectivity index (χ1) is 8.99. The van der Waals surface area contributed by atoms with E-state index in [1.807, 2.05) is 18.4 Å². The molecule has 100 valence electrons. The third-order valence-corrected chi connectivity index (χ3v) is 4.62. The molecule has 0 aliphatic rings. The molecule has 1 heterocycles. The molecule has 0 saturated heterocycles. The monoisotopic (exact) mass is 344 g/mol. The van der Waals surface area contributed by atoms with E-state index >= 15 is 0 Å². The Morgan fingerprint density at radius 1 is 1.47 bits per heavy atom. The molecule has 1 aromatic heterocycles. The molecule has 1 unspecified atom stereocenters. The standard InChI is InChI=1S/C12H10BrFN2O2S/c1-7(12-9(13)4-5-19-12)15-8-2-3-10(14)11(6-8)16(17)18/h2-7,15H,1H3. The summed E-state index contributed by atoms with van der Waals surface area (Å²) in [6, 6.07) is 5.69. The minimum Gasteiger partial charge on any atom is -0.377 e. The Morgan fingerprint density at radius 2 is 2.21 bits per heavy atom. The summed E-state index contributed by atoms with van der Waals surface area (Å²) in [4.78, 5) is 11.0. The van der Waals surface area contributed by atoms with Crippen LogP contribution in [0, 0.1) is 15.9 Å². The number of nitrogens with zero attached hydrogens (tertiary/aromatic N) is 1. The predicted molar refractivity (Wildman–Crippen MR) is 77.1 cm³/mol. The largest absolute Gasteiger partial charge is 0.377 e. The lowest BCUT2D eigenvalue weighted by Crippen LogP contribution is -2.06. The number of halogens is 2. The predicted octanol–water partition coefficient (Wildman–Crippen LogP) is 4.73. The second kappa shape index (κ2) is 5.66. The Balaban J connectivity index is 2.22. The van der Waals surface area contributed by atoms with E-state index in [2.05, 4.69) is 21.2 Å². The Morgan fingerprint density at radius 3 is 2.79 bits per heavy atom. The number of anilines is 1. The van der Waals surface area contributed by atoms with Crippen LogP contribution in [0.1, 0.15) is 17.8 Å². The number of rotatable bonds is 4. The van der Waals surface area contributed by atoms with E-state index in [9.17, 15) is 14.5 Å². The summed E-state index contributed by atoms with van der Waals surface area (Å²) in [5.41, 5.74) is -0.0108. The number of nitrogens with one attached hydrogen (secondary N) is 1. The van der Waals surface area contributed by atoms with Crippen molar-refractivity contribution in [2.75, 3.05) is 5.32 Å². The molecule has 1 N–H and O–H groups in total. The van der Waals surface area contributed by atoms with Crippen molar-refractivity contribution in [3.8, 4) is 0 Å². The van der Waals surface area contributed by atoms with Gasteiger partial charge in [0.15, 0.2) is 0 Å². The van der Waals surface area contributed by atoms with Gasteiger partial charge in [-0.05, 0) is 46.4 Å². The molecule has 2 aromatic rings. The summed E-state index contributed by atoms with van der Waals surface area (Å²) in [5, 5.41) is 15.7. The average Bonchev–Trinajstić information content (AvgIpc) is 2.77. The molecular formula is C12H10BrFN2O2S. The number of nitro groups is 1. The third kappa shape index (κ3) is 3.10. The van der Waals surface area contributed by atoms with Crippen LogP contribution in [0.3, 0.4) is 0 Å². The fourth-order valence-electron chi connectivity index (χ4n) is 1.67. The summed E-state index contributed by atoms with van der Waals surface area (Å²) >= 11 is 5.00. The third-order valence-electron chi connectivity index (χ3n) is 2.56. The van der Waals surface area contributed by atoms with Crippen LogP contribution in [0.25, 0.3) is 0 Å². The second-order valence-corrected chi connectivity index (χ2v) is 5.72. The van der Waals surface area contributed by atoms with Crippen LogP contribution in [-0.2, 0) is 0 Å². The van der Waals surface area contributed by atoms with Crippen LogP contribution in [0.15, 0.2) is 34.1 Å². The molecule has 19 heavy (non-hydrogen) atoms. The molecule has 2 rings (SSSR count). The van der Waals surface area contributed by atoms with Crippen molar-refractivity contribution in [2.24, 2.45) is 0 Å². The van der Waals surface area contributed by atoms with Crippen LogP contribution in [0.4, 0.5) is 15.8 Å². The van der Waals surface area contributed by atoms with Crippen LogP contribution in [0.5, 0.6) is 0 Å². The van der Waals surface area contributed by atoms with E-state index in [1.165, 1.54) is 12.1 Å². The molecule has 0 fully saturated rings. The van der Waals surface area contributed by atoms with Gasteiger partial charge in [-0.1, -0.05) is 0 Å². The zero-order valence-corrected chi connectivity index (χ0v) is 12.3. The molecule has 4 nitrogen and oxygen atoms in total. The lowest BCUT2D eigenvalue weighted by molar-refractivity contribution is -0.387. The first-order valence-electron chi connectivity index (χ1n) is 5.42. The number of benzene rings is 1.